The Morgan fingerprint density at radius 2 is 1.88 bits per heavy atom. The molecule has 0 aliphatic rings. The number of rotatable bonds is 2. The van der Waals surface area contributed by atoms with Crippen molar-refractivity contribution in [3.05, 3.63) is 64.1 Å². The average Bonchev–Trinajstić information content (AvgIpc) is 2.31. The van der Waals surface area contributed by atoms with Crippen molar-refractivity contribution in [2.75, 3.05) is 0 Å². The Labute approximate surface area is 93.6 Å². The van der Waals surface area contributed by atoms with Crippen LogP contribution in [0.5, 0.6) is 0 Å². The summed E-state index contributed by atoms with van der Waals surface area (Å²) in [4.78, 5) is 11.5. The van der Waals surface area contributed by atoms with E-state index in [1.807, 2.05) is 41.8 Å². The van der Waals surface area contributed by atoms with Crippen LogP contribution in [0.4, 0.5) is 0 Å². The molecule has 2 rings (SSSR count). The van der Waals surface area contributed by atoms with Crippen LogP contribution in [0.3, 0.4) is 0 Å². The summed E-state index contributed by atoms with van der Waals surface area (Å²) in [6.45, 7) is 1.61. The van der Waals surface area contributed by atoms with Crippen molar-refractivity contribution >= 4 is 0 Å². The molecule has 1 aromatic carbocycles. The first-order valence-electron chi connectivity index (χ1n) is 5.11. The first-order valence-corrected chi connectivity index (χ1v) is 5.11. The lowest BCUT2D eigenvalue weighted by atomic mass is 10.2. The molecule has 0 fully saturated rings. The molecule has 1 aromatic heterocycles. The second-order valence-electron chi connectivity index (χ2n) is 3.61. The van der Waals surface area contributed by atoms with Gasteiger partial charge in [-0.1, -0.05) is 18.2 Å². The van der Waals surface area contributed by atoms with Crippen molar-refractivity contribution in [3.8, 4) is 5.69 Å². The van der Waals surface area contributed by atoms with Crippen LogP contribution in [-0.2, 0) is 6.61 Å². The van der Waals surface area contributed by atoms with E-state index in [0.717, 1.165) is 11.4 Å². The van der Waals surface area contributed by atoms with Gasteiger partial charge in [0.15, 0.2) is 5.43 Å². The third-order valence-electron chi connectivity index (χ3n) is 2.66. The topological polar surface area (TPSA) is 42.2 Å². The van der Waals surface area contributed by atoms with E-state index in [1.165, 1.54) is 6.07 Å². The largest absolute Gasteiger partial charge is 0.391 e. The van der Waals surface area contributed by atoms with Crippen LogP contribution >= 0.6 is 0 Å². The highest BCUT2D eigenvalue weighted by Gasteiger charge is 2.06. The predicted molar refractivity (Wildman–Crippen MR) is 62.7 cm³/mol. The minimum absolute atomic E-state index is 0.118. The molecule has 2 aromatic rings. The molecule has 0 atom stereocenters. The summed E-state index contributed by atoms with van der Waals surface area (Å²) in [5.74, 6) is 0. The van der Waals surface area contributed by atoms with E-state index >= 15 is 0 Å². The van der Waals surface area contributed by atoms with Crippen LogP contribution in [0.1, 0.15) is 11.3 Å². The number of aliphatic hydroxyl groups excluding tert-OH is 1. The van der Waals surface area contributed by atoms with Crippen LogP contribution in [-0.4, -0.2) is 9.67 Å². The highest BCUT2D eigenvalue weighted by Crippen LogP contribution is 2.11. The van der Waals surface area contributed by atoms with E-state index in [9.17, 15) is 4.79 Å². The van der Waals surface area contributed by atoms with Crippen LogP contribution in [0, 0.1) is 6.92 Å². The second-order valence-corrected chi connectivity index (χ2v) is 3.61. The zero-order valence-corrected chi connectivity index (χ0v) is 9.05. The Morgan fingerprint density at radius 3 is 2.50 bits per heavy atom. The molecule has 0 amide bonds. The van der Waals surface area contributed by atoms with Gasteiger partial charge in [-0.2, -0.15) is 0 Å². The van der Waals surface area contributed by atoms with Crippen molar-refractivity contribution in [2.45, 2.75) is 13.5 Å². The van der Waals surface area contributed by atoms with E-state index in [-0.39, 0.29) is 12.0 Å². The van der Waals surface area contributed by atoms with Gasteiger partial charge in [0, 0.05) is 29.2 Å². The maximum Gasteiger partial charge on any atom is 0.187 e. The average molecular weight is 215 g/mol. The summed E-state index contributed by atoms with van der Waals surface area (Å²) in [5.41, 5.74) is 2.09. The number of benzene rings is 1. The van der Waals surface area contributed by atoms with E-state index in [0.29, 0.717) is 5.56 Å². The fraction of sp³-hybridized carbons (Fsp3) is 0.154. The Hall–Kier alpha value is -1.87. The maximum atomic E-state index is 11.5. The zero-order chi connectivity index (χ0) is 11.5. The van der Waals surface area contributed by atoms with Crippen molar-refractivity contribution in [3.63, 3.8) is 0 Å². The predicted octanol–water partition coefficient (Wildman–Crippen LogP) is 1.64. The summed E-state index contributed by atoms with van der Waals surface area (Å²) in [6, 6.07) is 11.2. The third-order valence-corrected chi connectivity index (χ3v) is 2.66. The lowest BCUT2D eigenvalue weighted by Crippen LogP contribution is -2.15. The summed E-state index contributed by atoms with van der Waals surface area (Å²) in [5, 5.41) is 9.16. The smallest absolute Gasteiger partial charge is 0.187 e. The number of aliphatic hydroxyl groups is 1. The molecule has 0 saturated carbocycles. The van der Waals surface area contributed by atoms with Crippen LogP contribution in [0.25, 0.3) is 5.69 Å². The zero-order valence-electron chi connectivity index (χ0n) is 9.05. The molecule has 0 unspecified atom stereocenters. The fourth-order valence-electron chi connectivity index (χ4n) is 1.74. The molecule has 0 aliphatic carbocycles. The number of hydrogen-bond acceptors (Lipinski definition) is 2. The molecule has 16 heavy (non-hydrogen) atoms. The van der Waals surface area contributed by atoms with E-state index < -0.39 is 0 Å². The molecule has 0 radical (unpaired) electrons. The Balaban J connectivity index is 2.64. The highest BCUT2D eigenvalue weighted by atomic mass is 16.3. The monoisotopic (exact) mass is 215 g/mol. The minimum Gasteiger partial charge on any atom is -0.391 e. The number of hydrogen-bond donors (Lipinski definition) is 1. The van der Waals surface area contributed by atoms with Gasteiger partial charge >= 0.3 is 0 Å². The lowest BCUT2D eigenvalue weighted by Gasteiger charge is -2.12. The van der Waals surface area contributed by atoms with Gasteiger partial charge in [-0.15, -0.1) is 0 Å². The number of pyridine rings is 1. The first-order chi connectivity index (χ1) is 7.74. The summed E-state index contributed by atoms with van der Waals surface area (Å²) < 4.78 is 1.90. The molecular formula is C13H13NO2. The molecule has 0 aliphatic heterocycles. The Bertz CT molecular complexity index is 544. The minimum atomic E-state index is -0.224. The lowest BCUT2D eigenvalue weighted by molar-refractivity contribution is 0.279. The molecule has 3 nitrogen and oxygen atoms in total. The summed E-state index contributed by atoms with van der Waals surface area (Å²) >= 11 is 0. The SMILES string of the molecule is Cc1c(CO)c(=O)ccn1-c1ccccc1. The fourth-order valence-corrected chi connectivity index (χ4v) is 1.74. The molecular weight excluding hydrogens is 202 g/mol. The van der Waals surface area contributed by atoms with Gasteiger partial charge in [0.1, 0.15) is 0 Å². The molecule has 1 heterocycles. The van der Waals surface area contributed by atoms with Crippen molar-refractivity contribution in [1.29, 1.82) is 0 Å². The van der Waals surface area contributed by atoms with Gasteiger partial charge in [-0.3, -0.25) is 4.79 Å². The van der Waals surface area contributed by atoms with Crippen LogP contribution in [0.2, 0.25) is 0 Å². The van der Waals surface area contributed by atoms with Gasteiger partial charge in [0.25, 0.3) is 0 Å². The molecule has 1 N–H and O–H groups in total. The van der Waals surface area contributed by atoms with E-state index in [4.69, 9.17) is 5.11 Å². The first kappa shape index (κ1) is 10.6. The highest BCUT2D eigenvalue weighted by molar-refractivity contribution is 5.36. The molecule has 0 bridgehead atoms. The van der Waals surface area contributed by atoms with Gasteiger partial charge in [-0.05, 0) is 19.1 Å². The van der Waals surface area contributed by atoms with Gasteiger partial charge in [-0.25, -0.2) is 0 Å². The van der Waals surface area contributed by atoms with Crippen LogP contribution in [0.15, 0.2) is 47.4 Å². The third kappa shape index (κ3) is 1.77. The Morgan fingerprint density at radius 1 is 1.19 bits per heavy atom. The molecule has 82 valence electrons. The summed E-state index contributed by atoms with van der Waals surface area (Å²) in [7, 11) is 0. The standard InChI is InChI=1S/C13H13NO2/c1-10-12(9-15)13(16)7-8-14(10)11-5-3-2-4-6-11/h2-8,15H,9H2,1H3. The normalized spacial score (nSPS) is 10.4. The molecule has 0 spiro atoms. The molecule has 3 heteroatoms. The van der Waals surface area contributed by atoms with Crippen molar-refractivity contribution in [1.82, 2.24) is 4.57 Å². The summed E-state index contributed by atoms with van der Waals surface area (Å²) in [6.07, 6.45) is 1.73. The number of nitrogens with zero attached hydrogens (tertiary/aromatic N) is 1. The molecule has 0 saturated heterocycles. The van der Waals surface area contributed by atoms with Crippen LogP contribution < -0.4 is 5.43 Å². The van der Waals surface area contributed by atoms with Gasteiger partial charge in [0.2, 0.25) is 0 Å². The van der Waals surface area contributed by atoms with Gasteiger partial charge < -0.3 is 9.67 Å². The Kier molecular flexibility index (Phi) is 2.88. The number of aromatic nitrogens is 1. The van der Waals surface area contributed by atoms with E-state index in [2.05, 4.69) is 0 Å². The second kappa shape index (κ2) is 4.33. The van der Waals surface area contributed by atoms with Crippen molar-refractivity contribution in [2.24, 2.45) is 0 Å². The quantitative estimate of drug-likeness (QED) is 0.827. The van der Waals surface area contributed by atoms with Gasteiger partial charge in [0.05, 0.1) is 6.61 Å². The number of para-hydroxylation sites is 1. The maximum absolute atomic E-state index is 11.5. The van der Waals surface area contributed by atoms with Crippen molar-refractivity contribution < 1.29 is 5.11 Å². The van der Waals surface area contributed by atoms with E-state index in [1.54, 1.807) is 6.20 Å².